The summed E-state index contributed by atoms with van der Waals surface area (Å²) >= 11 is 3.95. The van der Waals surface area contributed by atoms with Crippen LogP contribution in [0.5, 0.6) is 5.75 Å². The van der Waals surface area contributed by atoms with Gasteiger partial charge in [-0.15, -0.1) is 23.5 Å². The second kappa shape index (κ2) is 8.85. The van der Waals surface area contributed by atoms with Crippen molar-refractivity contribution in [2.45, 2.75) is 36.3 Å². The van der Waals surface area contributed by atoms with Crippen LogP contribution < -0.4 is 4.74 Å². The number of hydrogen-bond donors (Lipinski definition) is 1. The lowest BCUT2D eigenvalue weighted by Crippen LogP contribution is -2.39. The monoisotopic (exact) mass is 381 g/mol. The maximum Gasteiger partial charge on any atom is 0.305 e. The van der Waals surface area contributed by atoms with Gasteiger partial charge in [0.05, 0.1) is 11.0 Å². The molecule has 7 heteroatoms. The van der Waals surface area contributed by atoms with Gasteiger partial charge in [-0.3, -0.25) is 9.59 Å². The number of rotatable bonds is 6. The fourth-order valence-electron chi connectivity index (χ4n) is 3.21. The van der Waals surface area contributed by atoms with Gasteiger partial charge in [-0.1, -0.05) is 12.1 Å². The number of aliphatic carboxylic acids is 1. The number of amides is 1. The molecule has 0 saturated carbocycles. The van der Waals surface area contributed by atoms with Crippen molar-refractivity contribution in [2.75, 3.05) is 24.7 Å². The molecule has 2 fully saturated rings. The molecular formula is C18H23NO4S2. The summed E-state index contributed by atoms with van der Waals surface area (Å²) in [5.74, 6) is 2.10. The van der Waals surface area contributed by atoms with Gasteiger partial charge in [0.1, 0.15) is 5.75 Å². The van der Waals surface area contributed by atoms with Crippen molar-refractivity contribution in [3.05, 3.63) is 29.8 Å². The maximum absolute atomic E-state index is 12.3. The number of nitrogens with zero attached hydrogens (tertiary/aromatic N) is 1. The fourth-order valence-corrected chi connectivity index (χ4v) is 6.10. The highest BCUT2D eigenvalue weighted by atomic mass is 32.2. The third kappa shape index (κ3) is 5.07. The standard InChI is InChI=1S/C18H23NO4S2/c20-16(19-8-1-3-14(19)11-17(21)22)12-23-15-6-4-13(5-7-15)18-24-9-2-10-25-18/h4-7,14,18H,1-3,8-12H2,(H,21,22). The van der Waals surface area contributed by atoms with Gasteiger partial charge >= 0.3 is 5.97 Å². The maximum atomic E-state index is 12.3. The molecule has 5 nitrogen and oxygen atoms in total. The van der Waals surface area contributed by atoms with Crippen LogP contribution in [0.15, 0.2) is 24.3 Å². The molecule has 1 aromatic rings. The molecule has 2 saturated heterocycles. The van der Waals surface area contributed by atoms with E-state index in [9.17, 15) is 9.59 Å². The lowest BCUT2D eigenvalue weighted by molar-refractivity contribution is -0.140. The van der Waals surface area contributed by atoms with E-state index < -0.39 is 5.97 Å². The molecule has 1 amide bonds. The predicted molar refractivity (Wildman–Crippen MR) is 101 cm³/mol. The minimum Gasteiger partial charge on any atom is -0.484 e. The summed E-state index contributed by atoms with van der Waals surface area (Å²) in [4.78, 5) is 24.9. The Kier molecular flexibility index (Phi) is 6.53. The zero-order valence-corrected chi connectivity index (χ0v) is 15.7. The molecule has 0 bridgehead atoms. The minimum absolute atomic E-state index is 0.0111. The van der Waals surface area contributed by atoms with Crippen molar-refractivity contribution in [1.82, 2.24) is 4.90 Å². The van der Waals surface area contributed by atoms with E-state index in [1.807, 2.05) is 35.7 Å². The molecular weight excluding hydrogens is 358 g/mol. The molecule has 25 heavy (non-hydrogen) atoms. The Morgan fingerprint density at radius 1 is 1.16 bits per heavy atom. The second-order valence-electron chi connectivity index (χ2n) is 6.27. The van der Waals surface area contributed by atoms with Crippen molar-refractivity contribution in [3.8, 4) is 5.75 Å². The highest BCUT2D eigenvalue weighted by Gasteiger charge is 2.30. The van der Waals surface area contributed by atoms with Crippen LogP contribution in [0.3, 0.4) is 0 Å². The SMILES string of the molecule is O=C(O)CC1CCCN1C(=O)COc1ccc(C2SCCCS2)cc1. The summed E-state index contributed by atoms with van der Waals surface area (Å²) in [5, 5.41) is 8.94. The third-order valence-corrected chi connectivity index (χ3v) is 7.46. The number of benzene rings is 1. The Bertz CT molecular complexity index is 602. The van der Waals surface area contributed by atoms with Crippen molar-refractivity contribution in [2.24, 2.45) is 0 Å². The van der Waals surface area contributed by atoms with Crippen LogP contribution in [0.25, 0.3) is 0 Å². The molecule has 2 aliphatic rings. The Labute approximate surface area is 156 Å². The molecule has 0 aliphatic carbocycles. The number of likely N-dealkylation sites (tertiary alicyclic amines) is 1. The van der Waals surface area contributed by atoms with E-state index >= 15 is 0 Å². The van der Waals surface area contributed by atoms with E-state index in [0.717, 1.165) is 12.8 Å². The van der Waals surface area contributed by atoms with Crippen LogP contribution in [0.4, 0.5) is 0 Å². The number of ether oxygens (including phenoxy) is 1. The van der Waals surface area contributed by atoms with Crippen LogP contribution in [0.2, 0.25) is 0 Å². The zero-order valence-electron chi connectivity index (χ0n) is 14.1. The summed E-state index contributed by atoms with van der Waals surface area (Å²) < 4.78 is 6.12. The molecule has 2 aliphatic heterocycles. The number of carboxylic acid groups (broad SMARTS) is 1. The van der Waals surface area contributed by atoms with Crippen LogP contribution in [-0.4, -0.2) is 52.6 Å². The predicted octanol–water partition coefficient (Wildman–Crippen LogP) is 3.40. The van der Waals surface area contributed by atoms with Gasteiger partial charge in [-0.2, -0.15) is 0 Å². The number of carbonyl (C=O) groups is 2. The summed E-state index contributed by atoms with van der Waals surface area (Å²) in [6.45, 7) is 0.581. The minimum atomic E-state index is -0.861. The molecule has 136 valence electrons. The van der Waals surface area contributed by atoms with E-state index in [2.05, 4.69) is 12.1 Å². The number of carboxylic acids is 1. The van der Waals surface area contributed by atoms with Crippen molar-refractivity contribution in [1.29, 1.82) is 0 Å². The van der Waals surface area contributed by atoms with E-state index in [0.29, 0.717) is 16.9 Å². The molecule has 0 aromatic heterocycles. The molecule has 0 spiro atoms. The van der Waals surface area contributed by atoms with Gasteiger partial charge in [0.25, 0.3) is 5.91 Å². The highest BCUT2D eigenvalue weighted by Crippen LogP contribution is 2.43. The van der Waals surface area contributed by atoms with Crippen LogP contribution in [0.1, 0.15) is 35.8 Å². The second-order valence-corrected chi connectivity index (χ2v) is 8.99. The third-order valence-electron chi connectivity index (χ3n) is 4.45. The molecule has 1 N–H and O–H groups in total. The summed E-state index contributed by atoms with van der Waals surface area (Å²) in [6, 6.07) is 7.77. The average Bonchev–Trinajstić information content (AvgIpc) is 3.08. The molecule has 2 heterocycles. The van der Waals surface area contributed by atoms with E-state index in [-0.39, 0.29) is 25.0 Å². The van der Waals surface area contributed by atoms with Crippen LogP contribution in [-0.2, 0) is 9.59 Å². The quantitative estimate of drug-likeness (QED) is 0.815. The zero-order chi connectivity index (χ0) is 17.6. The summed E-state index contributed by atoms with van der Waals surface area (Å²) in [7, 11) is 0. The Hall–Kier alpha value is -1.34. The lowest BCUT2D eigenvalue weighted by Gasteiger charge is -2.23. The summed E-state index contributed by atoms with van der Waals surface area (Å²) in [5.41, 5.74) is 1.29. The topological polar surface area (TPSA) is 66.8 Å². The first kappa shape index (κ1) is 18.5. The van der Waals surface area contributed by atoms with Crippen LogP contribution >= 0.6 is 23.5 Å². The molecule has 1 unspecified atom stereocenters. The van der Waals surface area contributed by atoms with Gasteiger partial charge < -0.3 is 14.7 Å². The Balaban J connectivity index is 1.50. The highest BCUT2D eigenvalue weighted by molar-refractivity contribution is 8.16. The van der Waals surface area contributed by atoms with Crippen molar-refractivity contribution < 1.29 is 19.4 Å². The molecule has 1 atom stereocenters. The van der Waals surface area contributed by atoms with Crippen molar-refractivity contribution in [3.63, 3.8) is 0 Å². The van der Waals surface area contributed by atoms with Crippen molar-refractivity contribution >= 4 is 35.4 Å². The van der Waals surface area contributed by atoms with E-state index in [4.69, 9.17) is 9.84 Å². The molecule has 0 radical (unpaired) electrons. The summed E-state index contributed by atoms with van der Waals surface area (Å²) in [6.07, 6.45) is 2.89. The molecule has 3 rings (SSSR count). The number of hydrogen-bond acceptors (Lipinski definition) is 5. The van der Waals surface area contributed by atoms with E-state index in [1.54, 1.807) is 4.90 Å². The van der Waals surface area contributed by atoms with Gasteiger partial charge in [-0.05, 0) is 48.5 Å². The van der Waals surface area contributed by atoms with Gasteiger partial charge in [0, 0.05) is 12.6 Å². The van der Waals surface area contributed by atoms with Gasteiger partial charge in [0.2, 0.25) is 0 Å². The lowest BCUT2D eigenvalue weighted by atomic mass is 10.1. The Morgan fingerprint density at radius 2 is 1.88 bits per heavy atom. The first-order valence-corrected chi connectivity index (χ1v) is 10.7. The average molecular weight is 382 g/mol. The smallest absolute Gasteiger partial charge is 0.305 e. The first-order valence-electron chi connectivity index (χ1n) is 8.61. The van der Waals surface area contributed by atoms with Gasteiger partial charge in [0.15, 0.2) is 6.61 Å². The molecule has 1 aromatic carbocycles. The first-order chi connectivity index (χ1) is 12.1. The largest absolute Gasteiger partial charge is 0.484 e. The number of thioether (sulfide) groups is 2. The Morgan fingerprint density at radius 3 is 2.56 bits per heavy atom. The normalized spacial score (nSPS) is 21.3. The number of carbonyl (C=O) groups excluding carboxylic acids is 1. The van der Waals surface area contributed by atoms with Crippen LogP contribution in [0, 0.1) is 0 Å². The fraction of sp³-hybridized carbons (Fsp3) is 0.556. The van der Waals surface area contributed by atoms with E-state index in [1.165, 1.54) is 23.5 Å². The van der Waals surface area contributed by atoms with Gasteiger partial charge in [-0.25, -0.2) is 0 Å².